The van der Waals surface area contributed by atoms with Crippen molar-refractivity contribution in [2.75, 3.05) is 5.32 Å². The van der Waals surface area contributed by atoms with Crippen molar-refractivity contribution < 1.29 is 13.9 Å². The van der Waals surface area contributed by atoms with E-state index in [1.165, 1.54) is 0 Å². The quantitative estimate of drug-likeness (QED) is 0.761. The molecule has 122 valence electrons. The predicted molar refractivity (Wildman–Crippen MR) is 89.2 cm³/mol. The molecule has 0 bridgehead atoms. The molecule has 1 N–H and O–H groups in total. The number of halogens is 1. The normalized spacial score (nSPS) is 10.4. The summed E-state index contributed by atoms with van der Waals surface area (Å²) in [6.45, 7) is 2.06. The predicted octanol–water partition coefficient (Wildman–Crippen LogP) is 3.86. The van der Waals surface area contributed by atoms with Gasteiger partial charge in [-0.2, -0.15) is 0 Å². The second kappa shape index (κ2) is 7.14. The minimum Gasteiger partial charge on any atom is -0.489 e. The number of carbonyl (C=O) groups is 1. The van der Waals surface area contributed by atoms with E-state index in [0.717, 1.165) is 5.56 Å². The van der Waals surface area contributed by atoms with E-state index in [9.17, 15) is 4.79 Å². The Kier molecular flexibility index (Phi) is 4.77. The van der Waals surface area contributed by atoms with Crippen molar-refractivity contribution in [1.82, 2.24) is 10.2 Å². The first-order chi connectivity index (χ1) is 11.6. The van der Waals surface area contributed by atoms with Crippen molar-refractivity contribution in [3.63, 3.8) is 0 Å². The number of hydrogen-bond acceptors (Lipinski definition) is 5. The van der Waals surface area contributed by atoms with Gasteiger partial charge in [0.2, 0.25) is 5.89 Å². The molecular formula is C17H14ClN3O3. The smallest absolute Gasteiger partial charge is 0.313 e. The van der Waals surface area contributed by atoms with E-state index in [1.807, 2.05) is 24.3 Å². The summed E-state index contributed by atoms with van der Waals surface area (Å²) >= 11 is 5.84. The topological polar surface area (TPSA) is 77.2 Å². The van der Waals surface area contributed by atoms with Gasteiger partial charge in [0.25, 0.3) is 0 Å². The van der Waals surface area contributed by atoms with Gasteiger partial charge in [0.05, 0.1) is 0 Å². The minimum absolute atomic E-state index is 0.0736. The number of aromatic nitrogens is 2. The zero-order valence-corrected chi connectivity index (χ0v) is 13.6. The van der Waals surface area contributed by atoms with Crippen LogP contribution < -0.4 is 10.1 Å². The molecule has 0 atom stereocenters. The third-order valence-electron chi connectivity index (χ3n) is 3.15. The van der Waals surface area contributed by atoms with Crippen molar-refractivity contribution in [1.29, 1.82) is 0 Å². The van der Waals surface area contributed by atoms with Crippen molar-refractivity contribution in [3.05, 3.63) is 70.9 Å². The minimum atomic E-state index is -0.453. The lowest BCUT2D eigenvalue weighted by atomic mass is 10.2. The first-order valence-electron chi connectivity index (χ1n) is 7.19. The summed E-state index contributed by atoms with van der Waals surface area (Å²) in [5.74, 6) is 0.503. The molecule has 0 unspecified atom stereocenters. The van der Waals surface area contributed by atoms with Crippen LogP contribution in [0.15, 0.2) is 52.9 Å². The third kappa shape index (κ3) is 4.11. The monoisotopic (exact) mass is 343 g/mol. The Bertz CT molecular complexity index is 829. The summed E-state index contributed by atoms with van der Waals surface area (Å²) in [6.07, 6.45) is 0. The standard InChI is InChI=1S/C17H14ClN3O3/c1-11-20-21-17(24-11)16(22)19-14-6-8-15(9-7-14)23-10-12-2-4-13(18)5-3-12/h2-9H,10H2,1H3,(H,19,22). The molecule has 0 saturated carbocycles. The lowest BCUT2D eigenvalue weighted by Crippen LogP contribution is -2.12. The molecule has 0 aliphatic heterocycles. The number of benzene rings is 2. The van der Waals surface area contributed by atoms with Gasteiger partial charge in [-0.15, -0.1) is 10.2 Å². The molecule has 3 aromatic rings. The molecule has 1 aromatic heterocycles. The largest absolute Gasteiger partial charge is 0.489 e. The Labute approximate surface area is 143 Å². The number of aryl methyl sites for hydroxylation is 1. The number of amides is 1. The number of carbonyl (C=O) groups excluding carboxylic acids is 1. The van der Waals surface area contributed by atoms with Crippen molar-refractivity contribution in [2.24, 2.45) is 0 Å². The summed E-state index contributed by atoms with van der Waals surface area (Å²) in [5.41, 5.74) is 1.62. The molecule has 0 aliphatic rings. The van der Waals surface area contributed by atoms with E-state index in [1.54, 1.807) is 31.2 Å². The molecule has 0 saturated heterocycles. The van der Waals surface area contributed by atoms with Gasteiger partial charge in [0, 0.05) is 17.6 Å². The van der Waals surface area contributed by atoms with Crippen LogP contribution in [-0.4, -0.2) is 16.1 Å². The molecule has 6 nitrogen and oxygen atoms in total. The Morgan fingerprint density at radius 2 is 1.83 bits per heavy atom. The van der Waals surface area contributed by atoms with Crippen LogP contribution in [0.1, 0.15) is 22.1 Å². The molecule has 2 aromatic carbocycles. The molecule has 7 heteroatoms. The van der Waals surface area contributed by atoms with Crippen LogP contribution in [0.5, 0.6) is 5.75 Å². The summed E-state index contributed by atoms with van der Waals surface area (Å²) in [5, 5.41) is 10.6. The Morgan fingerprint density at radius 1 is 1.12 bits per heavy atom. The summed E-state index contributed by atoms with van der Waals surface area (Å²) in [7, 11) is 0. The lowest BCUT2D eigenvalue weighted by Gasteiger charge is -2.08. The molecular weight excluding hydrogens is 330 g/mol. The highest BCUT2D eigenvalue weighted by Crippen LogP contribution is 2.18. The Balaban J connectivity index is 1.57. The van der Waals surface area contributed by atoms with E-state index < -0.39 is 5.91 Å². The lowest BCUT2D eigenvalue weighted by molar-refractivity contribution is 0.0989. The Morgan fingerprint density at radius 3 is 2.46 bits per heavy atom. The second-order valence-electron chi connectivity index (χ2n) is 5.02. The number of nitrogens with zero attached hydrogens (tertiary/aromatic N) is 2. The number of ether oxygens (including phenoxy) is 1. The highest BCUT2D eigenvalue weighted by atomic mass is 35.5. The van der Waals surface area contributed by atoms with E-state index >= 15 is 0 Å². The zero-order chi connectivity index (χ0) is 16.9. The summed E-state index contributed by atoms with van der Waals surface area (Å²) in [6, 6.07) is 14.5. The van der Waals surface area contributed by atoms with Crippen molar-refractivity contribution in [2.45, 2.75) is 13.5 Å². The molecule has 0 aliphatic carbocycles. The highest BCUT2D eigenvalue weighted by Gasteiger charge is 2.13. The molecule has 3 rings (SSSR count). The molecule has 0 fully saturated rings. The van der Waals surface area contributed by atoms with Crippen molar-refractivity contribution >= 4 is 23.2 Å². The van der Waals surface area contributed by atoms with Crippen molar-refractivity contribution in [3.8, 4) is 5.75 Å². The number of nitrogens with one attached hydrogen (secondary N) is 1. The van der Waals surface area contributed by atoms with Gasteiger partial charge in [-0.3, -0.25) is 4.79 Å². The molecule has 24 heavy (non-hydrogen) atoms. The maximum atomic E-state index is 11.9. The molecule has 0 radical (unpaired) electrons. The van der Waals surface area contributed by atoms with Gasteiger partial charge in [-0.1, -0.05) is 23.7 Å². The Hall–Kier alpha value is -2.86. The first-order valence-corrected chi connectivity index (χ1v) is 7.57. The van der Waals surface area contributed by atoms with E-state index in [-0.39, 0.29) is 5.89 Å². The fourth-order valence-electron chi connectivity index (χ4n) is 1.95. The van der Waals surface area contributed by atoms with Crippen LogP contribution in [0.4, 0.5) is 5.69 Å². The molecule has 1 heterocycles. The van der Waals surface area contributed by atoms with Crippen LogP contribution in [0.2, 0.25) is 5.02 Å². The van der Waals surface area contributed by atoms with Gasteiger partial charge < -0.3 is 14.5 Å². The van der Waals surface area contributed by atoms with Crippen LogP contribution in [-0.2, 0) is 6.61 Å². The fourth-order valence-corrected chi connectivity index (χ4v) is 2.08. The average Bonchev–Trinajstić information content (AvgIpc) is 3.02. The number of hydrogen-bond donors (Lipinski definition) is 1. The van der Waals surface area contributed by atoms with E-state index in [2.05, 4.69) is 15.5 Å². The average molecular weight is 344 g/mol. The summed E-state index contributed by atoms with van der Waals surface area (Å²) in [4.78, 5) is 11.9. The van der Waals surface area contributed by atoms with Gasteiger partial charge in [-0.25, -0.2) is 0 Å². The highest BCUT2D eigenvalue weighted by molar-refractivity contribution is 6.30. The summed E-state index contributed by atoms with van der Waals surface area (Å²) < 4.78 is 10.8. The van der Waals surface area contributed by atoms with Gasteiger partial charge >= 0.3 is 11.8 Å². The van der Waals surface area contributed by atoms with Gasteiger partial charge in [-0.05, 0) is 42.0 Å². The van der Waals surface area contributed by atoms with Crippen LogP contribution in [0.25, 0.3) is 0 Å². The van der Waals surface area contributed by atoms with Crippen LogP contribution >= 0.6 is 11.6 Å². The van der Waals surface area contributed by atoms with E-state index in [4.69, 9.17) is 20.8 Å². The zero-order valence-electron chi connectivity index (χ0n) is 12.8. The van der Waals surface area contributed by atoms with Gasteiger partial charge in [0.1, 0.15) is 12.4 Å². The maximum absolute atomic E-state index is 11.9. The van der Waals surface area contributed by atoms with Crippen LogP contribution in [0, 0.1) is 6.92 Å². The fraction of sp³-hybridized carbons (Fsp3) is 0.118. The third-order valence-corrected chi connectivity index (χ3v) is 3.40. The van der Waals surface area contributed by atoms with E-state index in [0.29, 0.717) is 29.0 Å². The van der Waals surface area contributed by atoms with Crippen LogP contribution in [0.3, 0.4) is 0 Å². The first kappa shape index (κ1) is 16.0. The number of rotatable bonds is 5. The van der Waals surface area contributed by atoms with Gasteiger partial charge in [0.15, 0.2) is 0 Å². The maximum Gasteiger partial charge on any atom is 0.313 e. The molecule has 1 amide bonds. The number of anilines is 1. The molecule has 0 spiro atoms. The SMILES string of the molecule is Cc1nnc(C(=O)Nc2ccc(OCc3ccc(Cl)cc3)cc2)o1. The second-order valence-corrected chi connectivity index (χ2v) is 5.46.